The summed E-state index contributed by atoms with van der Waals surface area (Å²) >= 11 is 0. The lowest BCUT2D eigenvalue weighted by Crippen LogP contribution is -2.35. The maximum Gasteiger partial charge on any atom is 0.264 e. The van der Waals surface area contributed by atoms with Crippen LogP contribution in [0.4, 0.5) is 0 Å². The maximum absolute atomic E-state index is 12.9. The summed E-state index contributed by atoms with van der Waals surface area (Å²) in [5.74, 6) is 1.26. The van der Waals surface area contributed by atoms with Crippen LogP contribution < -0.4 is 4.74 Å². The first-order valence-electron chi connectivity index (χ1n) is 8.39. The third-order valence-electron chi connectivity index (χ3n) is 5.05. The molecule has 2 aromatic rings. The van der Waals surface area contributed by atoms with E-state index in [2.05, 4.69) is 12.1 Å². The molecule has 4 rings (SSSR count). The number of likely N-dealkylation sites (tertiary alicyclic amines) is 1. The van der Waals surface area contributed by atoms with Gasteiger partial charge in [0.15, 0.2) is 6.10 Å². The largest absolute Gasteiger partial charge is 0.480 e. The Balaban J connectivity index is 1.56. The molecule has 0 aromatic heterocycles. The number of hydrogen-bond donors (Lipinski definition) is 0. The minimum atomic E-state index is -0.325. The van der Waals surface area contributed by atoms with Crippen molar-refractivity contribution in [1.82, 2.24) is 4.90 Å². The number of para-hydroxylation sites is 1. The van der Waals surface area contributed by atoms with Crippen molar-refractivity contribution in [2.45, 2.75) is 38.0 Å². The maximum atomic E-state index is 12.9. The zero-order valence-electron chi connectivity index (χ0n) is 13.1. The van der Waals surface area contributed by atoms with E-state index in [4.69, 9.17) is 4.74 Å². The van der Waals surface area contributed by atoms with Gasteiger partial charge in [-0.05, 0) is 30.5 Å². The lowest BCUT2D eigenvalue weighted by atomic mass is 10.0. The van der Waals surface area contributed by atoms with E-state index in [1.54, 1.807) is 0 Å². The lowest BCUT2D eigenvalue weighted by molar-refractivity contribution is -0.135. The first-order chi connectivity index (χ1) is 11.3. The van der Waals surface area contributed by atoms with Crippen molar-refractivity contribution >= 4 is 5.91 Å². The van der Waals surface area contributed by atoms with Gasteiger partial charge in [0, 0.05) is 18.5 Å². The summed E-state index contributed by atoms with van der Waals surface area (Å²) in [6.07, 6.45) is 3.04. The molecular weight excluding hydrogens is 286 g/mol. The van der Waals surface area contributed by atoms with E-state index in [-0.39, 0.29) is 12.0 Å². The van der Waals surface area contributed by atoms with Gasteiger partial charge in [-0.3, -0.25) is 4.79 Å². The van der Waals surface area contributed by atoms with E-state index in [0.717, 1.165) is 18.6 Å². The van der Waals surface area contributed by atoms with Gasteiger partial charge in [-0.15, -0.1) is 0 Å². The highest BCUT2D eigenvalue weighted by Gasteiger charge is 2.51. The molecule has 1 aliphatic carbocycles. The molecule has 1 saturated heterocycles. The highest BCUT2D eigenvalue weighted by Crippen LogP contribution is 2.41. The second kappa shape index (κ2) is 6.07. The predicted octanol–water partition coefficient (Wildman–Crippen LogP) is 3.65. The van der Waals surface area contributed by atoms with Gasteiger partial charge in [-0.1, -0.05) is 55.0 Å². The Morgan fingerprint density at radius 3 is 2.39 bits per heavy atom. The molecule has 3 nitrogen and oxygen atoms in total. The Labute approximate surface area is 136 Å². The first kappa shape index (κ1) is 14.3. The molecule has 3 atom stereocenters. The highest BCUT2D eigenvalue weighted by atomic mass is 16.5. The molecule has 3 heteroatoms. The molecule has 1 aliphatic heterocycles. The number of rotatable bonds is 4. The van der Waals surface area contributed by atoms with E-state index in [1.165, 1.54) is 12.0 Å². The van der Waals surface area contributed by atoms with Crippen molar-refractivity contribution < 1.29 is 9.53 Å². The monoisotopic (exact) mass is 307 g/mol. The molecule has 0 radical (unpaired) electrons. The summed E-state index contributed by atoms with van der Waals surface area (Å²) in [5, 5.41) is 0. The van der Waals surface area contributed by atoms with E-state index in [9.17, 15) is 4.79 Å². The third kappa shape index (κ3) is 2.72. The second-order valence-corrected chi connectivity index (χ2v) is 6.47. The average Bonchev–Trinajstić information content (AvgIpc) is 3.15. The van der Waals surface area contributed by atoms with Gasteiger partial charge in [0.2, 0.25) is 0 Å². The summed E-state index contributed by atoms with van der Waals surface area (Å²) in [4.78, 5) is 15.0. The SMILES string of the molecule is O=C1[C@@H](Oc2ccccc2)[C@H]2CCC[C@H]2N1Cc1ccccc1. The molecular formula is C20H21NO2. The smallest absolute Gasteiger partial charge is 0.264 e. The van der Waals surface area contributed by atoms with Gasteiger partial charge in [-0.2, -0.15) is 0 Å². The van der Waals surface area contributed by atoms with Crippen molar-refractivity contribution in [3.8, 4) is 5.75 Å². The van der Waals surface area contributed by atoms with Crippen LogP contribution in [0, 0.1) is 5.92 Å². The Bertz CT molecular complexity index is 613. The van der Waals surface area contributed by atoms with Gasteiger partial charge in [0.1, 0.15) is 5.75 Å². The molecule has 0 spiro atoms. The molecule has 2 fully saturated rings. The van der Waals surface area contributed by atoms with Gasteiger partial charge >= 0.3 is 0 Å². The number of ether oxygens (including phenoxy) is 1. The number of carbonyl (C=O) groups is 1. The number of hydrogen-bond acceptors (Lipinski definition) is 2. The van der Waals surface area contributed by atoms with E-state index >= 15 is 0 Å². The minimum Gasteiger partial charge on any atom is -0.480 e. The summed E-state index contributed by atoms with van der Waals surface area (Å²) in [7, 11) is 0. The van der Waals surface area contributed by atoms with E-state index in [1.807, 2.05) is 53.4 Å². The zero-order chi connectivity index (χ0) is 15.6. The number of nitrogens with zero attached hydrogens (tertiary/aromatic N) is 1. The van der Waals surface area contributed by atoms with Crippen LogP contribution in [0.15, 0.2) is 60.7 Å². The molecule has 2 aliphatic rings. The molecule has 118 valence electrons. The lowest BCUT2D eigenvalue weighted by Gasteiger charge is -2.23. The molecule has 0 bridgehead atoms. The Kier molecular flexibility index (Phi) is 3.78. The van der Waals surface area contributed by atoms with Crippen molar-refractivity contribution in [1.29, 1.82) is 0 Å². The fourth-order valence-corrected chi connectivity index (χ4v) is 3.98. The molecule has 0 unspecified atom stereocenters. The van der Waals surface area contributed by atoms with Gasteiger partial charge in [0.25, 0.3) is 5.91 Å². The van der Waals surface area contributed by atoms with Crippen molar-refractivity contribution in [3.05, 3.63) is 66.2 Å². The molecule has 2 aromatic carbocycles. The second-order valence-electron chi connectivity index (χ2n) is 6.47. The molecule has 23 heavy (non-hydrogen) atoms. The van der Waals surface area contributed by atoms with Crippen LogP contribution in [0.25, 0.3) is 0 Å². The van der Waals surface area contributed by atoms with E-state index in [0.29, 0.717) is 18.5 Å². The van der Waals surface area contributed by atoms with Crippen molar-refractivity contribution in [3.63, 3.8) is 0 Å². The summed E-state index contributed by atoms with van der Waals surface area (Å²) in [6.45, 7) is 0.690. The Hall–Kier alpha value is -2.29. The quantitative estimate of drug-likeness (QED) is 0.863. The first-order valence-corrected chi connectivity index (χ1v) is 8.39. The van der Waals surface area contributed by atoms with Crippen LogP contribution in [0.5, 0.6) is 5.75 Å². The molecule has 0 N–H and O–H groups in total. The standard InChI is InChI=1S/C20H21NO2/c22-20-19(23-16-10-5-2-6-11-16)17-12-7-13-18(17)21(20)14-15-8-3-1-4-9-15/h1-6,8-11,17-19H,7,12-14H2/t17-,18+,19-/m0/s1. The van der Waals surface area contributed by atoms with Crippen LogP contribution in [-0.2, 0) is 11.3 Å². The normalized spacial score (nSPS) is 26.3. The van der Waals surface area contributed by atoms with Crippen molar-refractivity contribution in [2.75, 3.05) is 0 Å². The van der Waals surface area contributed by atoms with Crippen LogP contribution in [-0.4, -0.2) is 23.0 Å². The zero-order valence-corrected chi connectivity index (χ0v) is 13.1. The number of fused-ring (bicyclic) bond motifs is 1. The fraction of sp³-hybridized carbons (Fsp3) is 0.350. The summed E-state index contributed by atoms with van der Waals surface area (Å²) < 4.78 is 6.08. The highest BCUT2D eigenvalue weighted by molar-refractivity contribution is 5.84. The molecule has 1 saturated carbocycles. The van der Waals surface area contributed by atoms with E-state index < -0.39 is 0 Å². The van der Waals surface area contributed by atoms with Crippen molar-refractivity contribution in [2.24, 2.45) is 5.92 Å². The van der Waals surface area contributed by atoms with Gasteiger partial charge < -0.3 is 9.64 Å². The molecule has 1 heterocycles. The van der Waals surface area contributed by atoms with Gasteiger partial charge in [-0.25, -0.2) is 0 Å². The summed E-state index contributed by atoms with van der Waals surface area (Å²) in [6, 6.07) is 20.3. The van der Waals surface area contributed by atoms with Crippen LogP contribution in [0.1, 0.15) is 24.8 Å². The average molecular weight is 307 g/mol. The number of benzene rings is 2. The number of carbonyl (C=O) groups excluding carboxylic acids is 1. The van der Waals surface area contributed by atoms with Gasteiger partial charge in [0.05, 0.1) is 0 Å². The van der Waals surface area contributed by atoms with Crippen LogP contribution in [0.3, 0.4) is 0 Å². The topological polar surface area (TPSA) is 29.5 Å². The Morgan fingerprint density at radius 1 is 0.957 bits per heavy atom. The fourth-order valence-electron chi connectivity index (χ4n) is 3.98. The van der Waals surface area contributed by atoms with Crippen LogP contribution in [0.2, 0.25) is 0 Å². The van der Waals surface area contributed by atoms with Crippen LogP contribution >= 0.6 is 0 Å². The Morgan fingerprint density at radius 2 is 1.65 bits per heavy atom. The minimum absolute atomic E-state index is 0.146. The third-order valence-corrected chi connectivity index (χ3v) is 5.05. The number of amides is 1. The summed E-state index contributed by atoms with van der Waals surface area (Å²) in [5.41, 5.74) is 1.19. The molecule has 1 amide bonds. The predicted molar refractivity (Wildman–Crippen MR) is 89.0 cm³/mol.